The van der Waals surface area contributed by atoms with Gasteiger partial charge < -0.3 is 5.32 Å². The summed E-state index contributed by atoms with van der Waals surface area (Å²) >= 11 is 0. The highest BCUT2D eigenvalue weighted by Gasteiger charge is 2.05. The Morgan fingerprint density at radius 1 is 1.60 bits per heavy atom. The number of halogens is 1. The van der Waals surface area contributed by atoms with E-state index < -0.39 is 11.7 Å². The smallest absolute Gasteiger partial charge is 0.261 e. The van der Waals surface area contributed by atoms with Gasteiger partial charge in [-0.15, -0.1) is 0 Å². The SMILES string of the molecule is CNC(=O)/C(C#N)=C/c1cccc(F)c1. The maximum absolute atomic E-state index is 12.8. The summed E-state index contributed by atoms with van der Waals surface area (Å²) in [5, 5.41) is 11.0. The fourth-order valence-corrected chi connectivity index (χ4v) is 1.05. The molecular formula is C11H9FN2O. The van der Waals surface area contributed by atoms with Gasteiger partial charge in [-0.05, 0) is 23.8 Å². The molecule has 1 rings (SSSR count). The number of carbonyl (C=O) groups is 1. The number of carbonyl (C=O) groups excluding carboxylic acids is 1. The molecule has 0 aromatic heterocycles. The Kier molecular flexibility index (Phi) is 3.58. The van der Waals surface area contributed by atoms with E-state index >= 15 is 0 Å². The van der Waals surface area contributed by atoms with Crippen molar-refractivity contribution in [2.45, 2.75) is 0 Å². The zero-order chi connectivity index (χ0) is 11.3. The molecule has 0 aliphatic heterocycles. The normalized spacial score (nSPS) is 10.6. The summed E-state index contributed by atoms with van der Waals surface area (Å²) in [6.07, 6.45) is 1.34. The lowest BCUT2D eigenvalue weighted by molar-refractivity contribution is -0.116. The fourth-order valence-electron chi connectivity index (χ4n) is 1.05. The van der Waals surface area contributed by atoms with E-state index in [1.807, 2.05) is 0 Å². The lowest BCUT2D eigenvalue weighted by Crippen LogP contribution is -2.19. The third-order valence-electron chi connectivity index (χ3n) is 1.75. The molecule has 0 bridgehead atoms. The molecule has 0 aliphatic carbocycles. The molecule has 4 heteroatoms. The first-order valence-electron chi connectivity index (χ1n) is 4.27. The summed E-state index contributed by atoms with van der Waals surface area (Å²) in [7, 11) is 1.43. The quantitative estimate of drug-likeness (QED) is 0.586. The summed E-state index contributed by atoms with van der Waals surface area (Å²) in [6, 6.07) is 7.42. The maximum Gasteiger partial charge on any atom is 0.261 e. The van der Waals surface area contributed by atoms with Crippen molar-refractivity contribution in [2.75, 3.05) is 7.05 Å². The minimum atomic E-state index is -0.484. The summed E-state index contributed by atoms with van der Waals surface area (Å²) in [5.74, 6) is -0.889. The van der Waals surface area contributed by atoms with Crippen LogP contribution < -0.4 is 5.32 Å². The van der Waals surface area contributed by atoms with Crippen LogP contribution in [0, 0.1) is 17.1 Å². The van der Waals surface area contributed by atoms with Gasteiger partial charge in [0.1, 0.15) is 17.5 Å². The molecule has 1 N–H and O–H groups in total. The number of amides is 1. The van der Waals surface area contributed by atoms with Crippen LogP contribution in [0.1, 0.15) is 5.56 Å². The summed E-state index contributed by atoms with van der Waals surface area (Å²) in [5.41, 5.74) is 0.429. The van der Waals surface area contributed by atoms with Crippen LogP contribution in [0.4, 0.5) is 4.39 Å². The van der Waals surface area contributed by atoms with Crippen LogP contribution >= 0.6 is 0 Å². The average Bonchev–Trinajstić information content (AvgIpc) is 2.25. The van der Waals surface area contributed by atoms with Crippen LogP contribution in [-0.4, -0.2) is 13.0 Å². The minimum Gasteiger partial charge on any atom is -0.354 e. The van der Waals surface area contributed by atoms with Gasteiger partial charge in [0.2, 0.25) is 0 Å². The molecule has 15 heavy (non-hydrogen) atoms. The van der Waals surface area contributed by atoms with Crippen LogP contribution in [0.3, 0.4) is 0 Å². The van der Waals surface area contributed by atoms with Gasteiger partial charge in [-0.25, -0.2) is 4.39 Å². The number of benzene rings is 1. The van der Waals surface area contributed by atoms with Crippen LogP contribution in [0.2, 0.25) is 0 Å². The first-order valence-corrected chi connectivity index (χ1v) is 4.27. The molecular weight excluding hydrogens is 195 g/mol. The number of rotatable bonds is 2. The molecule has 0 aliphatic rings. The largest absolute Gasteiger partial charge is 0.354 e. The van der Waals surface area contributed by atoms with Crippen LogP contribution in [0.25, 0.3) is 6.08 Å². The molecule has 0 heterocycles. The molecule has 76 valence electrons. The third kappa shape index (κ3) is 2.92. The topological polar surface area (TPSA) is 52.9 Å². The van der Waals surface area contributed by atoms with Gasteiger partial charge in [-0.3, -0.25) is 4.79 Å². The zero-order valence-corrected chi connectivity index (χ0v) is 8.12. The van der Waals surface area contributed by atoms with Gasteiger partial charge in [-0.1, -0.05) is 12.1 Å². The van der Waals surface area contributed by atoms with Crippen molar-refractivity contribution < 1.29 is 9.18 Å². The molecule has 0 unspecified atom stereocenters. The fraction of sp³-hybridized carbons (Fsp3) is 0.0909. The molecule has 0 fully saturated rings. The van der Waals surface area contributed by atoms with E-state index in [-0.39, 0.29) is 5.57 Å². The van der Waals surface area contributed by atoms with E-state index in [1.165, 1.54) is 31.3 Å². The number of nitrogens with one attached hydrogen (secondary N) is 1. The lowest BCUT2D eigenvalue weighted by Gasteiger charge is -1.97. The van der Waals surface area contributed by atoms with Crippen molar-refractivity contribution in [3.8, 4) is 6.07 Å². The summed E-state index contributed by atoms with van der Waals surface area (Å²) in [4.78, 5) is 11.1. The number of nitrogens with zero attached hydrogens (tertiary/aromatic N) is 1. The van der Waals surface area contributed by atoms with Gasteiger partial charge in [0, 0.05) is 7.05 Å². The van der Waals surface area contributed by atoms with Crippen molar-refractivity contribution in [2.24, 2.45) is 0 Å². The first kappa shape index (κ1) is 10.9. The van der Waals surface area contributed by atoms with Crippen LogP contribution in [-0.2, 0) is 4.79 Å². The highest BCUT2D eigenvalue weighted by Crippen LogP contribution is 2.08. The van der Waals surface area contributed by atoms with E-state index in [2.05, 4.69) is 5.32 Å². The summed E-state index contributed by atoms with van der Waals surface area (Å²) in [6.45, 7) is 0. The molecule has 3 nitrogen and oxygen atoms in total. The van der Waals surface area contributed by atoms with E-state index in [1.54, 1.807) is 12.1 Å². The minimum absolute atomic E-state index is 0.0527. The predicted octanol–water partition coefficient (Wildman–Crippen LogP) is 1.48. The summed E-state index contributed by atoms with van der Waals surface area (Å²) < 4.78 is 12.8. The number of likely N-dealkylation sites (N-methyl/N-ethyl adjacent to an activating group) is 1. The number of hydrogen-bond donors (Lipinski definition) is 1. The Morgan fingerprint density at radius 2 is 2.33 bits per heavy atom. The molecule has 1 aromatic rings. The van der Waals surface area contributed by atoms with Gasteiger partial charge in [-0.2, -0.15) is 5.26 Å². The van der Waals surface area contributed by atoms with E-state index in [0.717, 1.165) is 0 Å². The molecule has 0 saturated carbocycles. The van der Waals surface area contributed by atoms with Crippen LogP contribution in [0.15, 0.2) is 29.8 Å². The Morgan fingerprint density at radius 3 is 2.87 bits per heavy atom. The highest BCUT2D eigenvalue weighted by molar-refractivity contribution is 6.01. The second-order valence-electron chi connectivity index (χ2n) is 2.80. The maximum atomic E-state index is 12.8. The van der Waals surface area contributed by atoms with Crippen molar-refractivity contribution in [3.63, 3.8) is 0 Å². The predicted molar refractivity (Wildman–Crippen MR) is 54.1 cm³/mol. The second-order valence-corrected chi connectivity index (χ2v) is 2.80. The Hall–Kier alpha value is -2.15. The molecule has 1 aromatic carbocycles. The van der Waals surface area contributed by atoms with Gasteiger partial charge >= 0.3 is 0 Å². The second kappa shape index (κ2) is 4.91. The van der Waals surface area contributed by atoms with Gasteiger partial charge in [0.25, 0.3) is 5.91 Å². The Balaban J connectivity index is 3.05. The molecule has 0 saturated heterocycles. The lowest BCUT2D eigenvalue weighted by atomic mass is 10.1. The Bertz CT molecular complexity index is 446. The number of nitriles is 1. The van der Waals surface area contributed by atoms with Gasteiger partial charge in [0.15, 0.2) is 0 Å². The van der Waals surface area contributed by atoms with Crippen molar-refractivity contribution in [3.05, 3.63) is 41.2 Å². The van der Waals surface area contributed by atoms with Crippen molar-refractivity contribution in [1.29, 1.82) is 5.26 Å². The van der Waals surface area contributed by atoms with Crippen LogP contribution in [0.5, 0.6) is 0 Å². The van der Waals surface area contributed by atoms with E-state index in [0.29, 0.717) is 5.56 Å². The van der Waals surface area contributed by atoms with Crippen molar-refractivity contribution in [1.82, 2.24) is 5.32 Å². The molecule has 0 spiro atoms. The Labute approximate surface area is 86.8 Å². The van der Waals surface area contributed by atoms with E-state index in [4.69, 9.17) is 5.26 Å². The number of hydrogen-bond acceptors (Lipinski definition) is 2. The molecule has 0 atom stereocenters. The first-order chi connectivity index (χ1) is 7.17. The van der Waals surface area contributed by atoms with Crippen molar-refractivity contribution >= 4 is 12.0 Å². The third-order valence-corrected chi connectivity index (χ3v) is 1.75. The van der Waals surface area contributed by atoms with E-state index in [9.17, 15) is 9.18 Å². The molecule has 0 radical (unpaired) electrons. The zero-order valence-electron chi connectivity index (χ0n) is 8.12. The average molecular weight is 204 g/mol. The monoisotopic (exact) mass is 204 g/mol. The molecule has 1 amide bonds. The standard InChI is InChI=1S/C11H9FN2O/c1-14-11(15)9(7-13)5-8-3-2-4-10(12)6-8/h2-6H,1H3,(H,14,15)/b9-5+. The highest BCUT2D eigenvalue weighted by atomic mass is 19.1. The van der Waals surface area contributed by atoms with Gasteiger partial charge in [0.05, 0.1) is 0 Å².